The highest BCUT2D eigenvalue weighted by molar-refractivity contribution is 5.33. The fourth-order valence-electron chi connectivity index (χ4n) is 1.82. The summed E-state index contributed by atoms with van der Waals surface area (Å²) in [6.45, 7) is 7.57. The second-order valence-corrected chi connectivity index (χ2v) is 5.58. The third-order valence-corrected chi connectivity index (χ3v) is 2.52. The van der Waals surface area contributed by atoms with Crippen molar-refractivity contribution >= 4 is 5.82 Å². The first kappa shape index (κ1) is 13.0. The molecule has 1 aromatic heterocycles. The number of aromatic nitrogens is 2. The Labute approximate surface area is 98.2 Å². The number of rotatable bonds is 5. The van der Waals surface area contributed by atoms with Crippen LogP contribution >= 0.6 is 0 Å². The minimum Gasteiger partial charge on any atom is -0.370 e. The van der Waals surface area contributed by atoms with E-state index in [2.05, 4.69) is 31.2 Å². The first-order chi connectivity index (χ1) is 7.38. The van der Waals surface area contributed by atoms with Gasteiger partial charge in [0, 0.05) is 25.7 Å². The van der Waals surface area contributed by atoms with Crippen LogP contribution in [-0.4, -0.2) is 22.4 Å². The van der Waals surface area contributed by atoms with E-state index in [1.54, 1.807) is 6.20 Å². The van der Waals surface area contributed by atoms with Crippen LogP contribution in [0.1, 0.15) is 33.6 Å². The Bertz CT molecular complexity index is 311. The van der Waals surface area contributed by atoms with E-state index in [0.29, 0.717) is 5.41 Å². The maximum Gasteiger partial charge on any atom is 0.123 e. The Hall–Kier alpha value is -1.03. The van der Waals surface area contributed by atoms with Crippen LogP contribution < -0.4 is 11.1 Å². The molecule has 0 saturated carbocycles. The number of nitrogens with two attached hydrogens (primary N) is 1. The van der Waals surface area contributed by atoms with Gasteiger partial charge in [0.1, 0.15) is 5.82 Å². The van der Waals surface area contributed by atoms with Crippen molar-refractivity contribution in [1.82, 2.24) is 9.78 Å². The van der Waals surface area contributed by atoms with Gasteiger partial charge in [-0.3, -0.25) is 4.68 Å². The number of hydrogen-bond donors (Lipinski definition) is 2. The molecule has 0 aliphatic rings. The summed E-state index contributed by atoms with van der Waals surface area (Å²) in [7, 11) is 1.93. The van der Waals surface area contributed by atoms with Crippen molar-refractivity contribution in [3.05, 3.63) is 12.3 Å². The minimum atomic E-state index is 0.265. The van der Waals surface area contributed by atoms with E-state index < -0.39 is 0 Å². The molecule has 92 valence electrons. The molecule has 0 aliphatic carbocycles. The van der Waals surface area contributed by atoms with Gasteiger partial charge in [0.15, 0.2) is 0 Å². The van der Waals surface area contributed by atoms with Crippen LogP contribution in [0.15, 0.2) is 12.3 Å². The molecule has 0 saturated heterocycles. The van der Waals surface area contributed by atoms with Gasteiger partial charge < -0.3 is 11.1 Å². The quantitative estimate of drug-likeness (QED) is 0.804. The van der Waals surface area contributed by atoms with Crippen LogP contribution in [-0.2, 0) is 7.05 Å². The molecule has 0 spiro atoms. The predicted molar refractivity (Wildman–Crippen MR) is 68.4 cm³/mol. The summed E-state index contributed by atoms with van der Waals surface area (Å²) < 4.78 is 1.83. The molecule has 4 nitrogen and oxygen atoms in total. The van der Waals surface area contributed by atoms with Crippen molar-refractivity contribution < 1.29 is 0 Å². The van der Waals surface area contributed by atoms with Crippen molar-refractivity contribution in [1.29, 1.82) is 0 Å². The van der Waals surface area contributed by atoms with Gasteiger partial charge in [0.05, 0.1) is 6.20 Å². The van der Waals surface area contributed by atoms with Gasteiger partial charge in [-0.05, 0) is 18.3 Å². The van der Waals surface area contributed by atoms with Gasteiger partial charge in [0.2, 0.25) is 0 Å². The summed E-state index contributed by atoms with van der Waals surface area (Å²) >= 11 is 0. The fourth-order valence-corrected chi connectivity index (χ4v) is 1.82. The van der Waals surface area contributed by atoms with Crippen molar-refractivity contribution in [2.24, 2.45) is 18.2 Å². The Morgan fingerprint density at radius 3 is 2.69 bits per heavy atom. The lowest BCUT2D eigenvalue weighted by Crippen LogP contribution is -2.28. The number of aryl methyl sites for hydroxylation is 1. The topological polar surface area (TPSA) is 55.9 Å². The summed E-state index contributed by atoms with van der Waals surface area (Å²) in [5.74, 6) is 1.04. The largest absolute Gasteiger partial charge is 0.370 e. The summed E-state index contributed by atoms with van der Waals surface area (Å²) in [6.07, 6.45) is 3.83. The molecule has 1 heterocycles. The van der Waals surface area contributed by atoms with Crippen LogP contribution in [0.25, 0.3) is 0 Å². The highest BCUT2D eigenvalue weighted by Crippen LogP contribution is 2.20. The molecule has 1 aromatic rings. The molecule has 1 atom stereocenters. The molecule has 0 bridgehead atoms. The molecule has 16 heavy (non-hydrogen) atoms. The molecule has 0 aliphatic heterocycles. The molecule has 0 fully saturated rings. The van der Waals surface area contributed by atoms with E-state index in [4.69, 9.17) is 5.73 Å². The summed E-state index contributed by atoms with van der Waals surface area (Å²) in [6, 6.07) is 2.23. The Balaban J connectivity index is 2.23. The zero-order valence-electron chi connectivity index (χ0n) is 10.8. The normalized spacial score (nSPS) is 13.8. The molecule has 1 unspecified atom stereocenters. The lowest BCUT2D eigenvalue weighted by atomic mass is 9.87. The summed E-state index contributed by atoms with van der Waals surface area (Å²) in [5, 5.41) is 7.43. The van der Waals surface area contributed by atoms with Gasteiger partial charge >= 0.3 is 0 Å². The van der Waals surface area contributed by atoms with E-state index in [-0.39, 0.29) is 6.04 Å². The lowest BCUT2D eigenvalue weighted by molar-refractivity contribution is 0.334. The van der Waals surface area contributed by atoms with E-state index in [9.17, 15) is 0 Å². The van der Waals surface area contributed by atoms with Gasteiger partial charge in [-0.1, -0.05) is 20.8 Å². The minimum absolute atomic E-state index is 0.265. The van der Waals surface area contributed by atoms with Crippen molar-refractivity contribution in [3.8, 4) is 0 Å². The summed E-state index contributed by atoms with van der Waals surface area (Å²) in [4.78, 5) is 0. The van der Waals surface area contributed by atoms with Gasteiger partial charge in [-0.25, -0.2) is 0 Å². The zero-order chi connectivity index (χ0) is 12.2. The molecule has 0 aromatic carbocycles. The maximum atomic E-state index is 6.07. The molecule has 4 heteroatoms. The average Bonchev–Trinajstić information content (AvgIpc) is 2.48. The maximum absolute atomic E-state index is 6.07. The van der Waals surface area contributed by atoms with Crippen LogP contribution in [0.4, 0.5) is 5.82 Å². The second-order valence-electron chi connectivity index (χ2n) is 5.58. The highest BCUT2D eigenvalue weighted by Gasteiger charge is 2.15. The number of anilines is 1. The fraction of sp³-hybridized carbons (Fsp3) is 0.750. The lowest BCUT2D eigenvalue weighted by Gasteiger charge is -2.23. The van der Waals surface area contributed by atoms with Gasteiger partial charge in [0.25, 0.3) is 0 Å². The van der Waals surface area contributed by atoms with E-state index in [1.807, 2.05) is 17.8 Å². The Morgan fingerprint density at radius 1 is 1.50 bits per heavy atom. The number of nitrogens with zero attached hydrogens (tertiary/aromatic N) is 2. The number of nitrogens with one attached hydrogen (secondary N) is 1. The molecular weight excluding hydrogens is 200 g/mol. The van der Waals surface area contributed by atoms with Gasteiger partial charge in [-0.15, -0.1) is 0 Å². The SMILES string of the molecule is Cn1nccc1NCCC(N)CC(C)(C)C. The van der Waals surface area contributed by atoms with Crippen LogP contribution in [0.2, 0.25) is 0 Å². The zero-order valence-corrected chi connectivity index (χ0v) is 10.8. The molecule has 1 rings (SSSR count). The Morgan fingerprint density at radius 2 is 2.19 bits per heavy atom. The van der Waals surface area contributed by atoms with Crippen LogP contribution in [0, 0.1) is 5.41 Å². The van der Waals surface area contributed by atoms with Crippen molar-refractivity contribution in [2.45, 2.75) is 39.7 Å². The molecular formula is C12H24N4. The first-order valence-electron chi connectivity index (χ1n) is 5.86. The number of hydrogen-bond acceptors (Lipinski definition) is 3. The molecule has 0 radical (unpaired) electrons. The van der Waals surface area contributed by atoms with E-state index in [1.165, 1.54) is 0 Å². The second kappa shape index (κ2) is 5.34. The highest BCUT2D eigenvalue weighted by atomic mass is 15.3. The standard InChI is InChI=1S/C12H24N4/c1-12(2,3)9-10(13)5-7-14-11-6-8-15-16(11)4/h6,8,10,14H,5,7,9,13H2,1-4H3. The average molecular weight is 224 g/mol. The van der Waals surface area contributed by atoms with Crippen LogP contribution in [0.5, 0.6) is 0 Å². The molecule has 3 N–H and O–H groups in total. The third kappa shape index (κ3) is 4.66. The van der Waals surface area contributed by atoms with E-state index in [0.717, 1.165) is 25.2 Å². The smallest absolute Gasteiger partial charge is 0.123 e. The summed E-state index contributed by atoms with van der Waals surface area (Å²) in [5.41, 5.74) is 6.39. The van der Waals surface area contributed by atoms with Crippen molar-refractivity contribution in [3.63, 3.8) is 0 Å². The predicted octanol–water partition coefficient (Wildman–Crippen LogP) is 1.99. The van der Waals surface area contributed by atoms with Gasteiger partial charge in [-0.2, -0.15) is 5.10 Å². The third-order valence-electron chi connectivity index (χ3n) is 2.52. The monoisotopic (exact) mass is 224 g/mol. The van der Waals surface area contributed by atoms with E-state index >= 15 is 0 Å². The Kier molecular flexibility index (Phi) is 4.35. The van der Waals surface area contributed by atoms with Crippen molar-refractivity contribution in [2.75, 3.05) is 11.9 Å². The molecule has 0 amide bonds. The van der Waals surface area contributed by atoms with Crippen LogP contribution in [0.3, 0.4) is 0 Å². The first-order valence-corrected chi connectivity index (χ1v) is 5.86.